The van der Waals surface area contributed by atoms with Crippen molar-refractivity contribution in [1.29, 1.82) is 0 Å². The molecule has 0 bridgehead atoms. The average molecular weight is 472 g/mol. The number of aliphatic imine (C=N–C) groups is 1. The number of allylic oxidation sites excluding steroid dienone is 9. The van der Waals surface area contributed by atoms with Crippen LogP contribution in [0, 0.1) is 11.3 Å². The van der Waals surface area contributed by atoms with E-state index in [1.54, 1.807) is 0 Å². The number of benzene rings is 1. The van der Waals surface area contributed by atoms with Gasteiger partial charge in [0.1, 0.15) is 7.05 Å². The molecule has 176 valence electrons. The number of halogens is 1. The minimum absolute atomic E-state index is 0.0170. The van der Waals surface area contributed by atoms with Gasteiger partial charge in [-0.1, -0.05) is 74.0 Å². The Morgan fingerprint density at radius 3 is 2.65 bits per heavy atom. The first-order chi connectivity index (χ1) is 16.2. The summed E-state index contributed by atoms with van der Waals surface area (Å²) < 4.78 is 2.31. The number of hydrogen-bond acceptors (Lipinski definition) is 1. The number of hydrogen-bond donors (Lipinski definition) is 0. The highest BCUT2D eigenvalue weighted by molar-refractivity contribution is 6.33. The van der Waals surface area contributed by atoms with Crippen LogP contribution < -0.4 is 0 Å². The molecule has 1 aromatic carbocycles. The van der Waals surface area contributed by atoms with Gasteiger partial charge in [-0.25, -0.2) is 0 Å². The van der Waals surface area contributed by atoms with Gasteiger partial charge in [0.2, 0.25) is 5.69 Å². The molecule has 2 nitrogen and oxygen atoms in total. The second kappa shape index (κ2) is 8.64. The van der Waals surface area contributed by atoms with Crippen LogP contribution in [0.2, 0.25) is 0 Å². The standard InChI is InChI=1S/C31H36ClN2/c1-30(2)23-12-6-8-14-25(23)33-27(30)16-10-11-21-17-18-22(29(21)32)19-20-28-31(3,4)24-13-7-9-15-26(24)34(28)5/h7-11,13-16,19-20,23,27H,6,12,17-18H2,1-5H3/q+1. The quantitative estimate of drug-likeness (QED) is 0.397. The minimum atomic E-state index is -0.0170. The third kappa shape index (κ3) is 3.81. The summed E-state index contributed by atoms with van der Waals surface area (Å²) in [5.74, 6) is 0.577. The molecular formula is C31H36ClN2+. The van der Waals surface area contributed by atoms with E-state index in [0.717, 1.165) is 17.9 Å². The molecule has 0 spiro atoms. The third-order valence-electron chi connectivity index (χ3n) is 8.42. The Bertz CT molecular complexity index is 1230. The summed E-state index contributed by atoms with van der Waals surface area (Å²) in [6, 6.07) is 8.92. The fourth-order valence-corrected chi connectivity index (χ4v) is 6.52. The maximum absolute atomic E-state index is 6.84. The van der Waals surface area contributed by atoms with E-state index in [4.69, 9.17) is 16.6 Å². The van der Waals surface area contributed by atoms with Crippen molar-refractivity contribution in [2.75, 3.05) is 7.05 Å². The van der Waals surface area contributed by atoms with Crippen LogP contribution in [0.3, 0.4) is 0 Å². The molecular weight excluding hydrogens is 436 g/mol. The lowest BCUT2D eigenvalue weighted by Crippen LogP contribution is -2.32. The van der Waals surface area contributed by atoms with Crippen molar-refractivity contribution >= 4 is 28.7 Å². The summed E-state index contributed by atoms with van der Waals surface area (Å²) in [5.41, 5.74) is 7.87. The lowest BCUT2D eigenvalue weighted by molar-refractivity contribution is -0.401. The fraction of sp³-hybridized carbons (Fsp3) is 0.419. The lowest BCUT2D eigenvalue weighted by Gasteiger charge is -2.32. The van der Waals surface area contributed by atoms with Crippen LogP contribution in [0.15, 0.2) is 88.0 Å². The molecule has 2 atom stereocenters. The molecule has 2 aliphatic carbocycles. The van der Waals surface area contributed by atoms with E-state index < -0.39 is 0 Å². The van der Waals surface area contributed by atoms with E-state index in [0.29, 0.717) is 5.92 Å². The first-order valence-corrected chi connectivity index (χ1v) is 13.0. The summed E-state index contributed by atoms with van der Waals surface area (Å²) >= 11 is 6.84. The zero-order valence-electron chi connectivity index (χ0n) is 21.1. The van der Waals surface area contributed by atoms with Crippen LogP contribution >= 0.6 is 11.6 Å². The average Bonchev–Trinajstić information content (AvgIpc) is 3.36. The fourth-order valence-electron chi connectivity index (χ4n) is 6.21. The van der Waals surface area contributed by atoms with Crippen LogP contribution in [0.4, 0.5) is 5.69 Å². The van der Waals surface area contributed by atoms with Crippen molar-refractivity contribution in [3.05, 3.63) is 88.5 Å². The highest BCUT2D eigenvalue weighted by Crippen LogP contribution is 2.45. The Kier molecular flexibility index (Phi) is 5.92. The van der Waals surface area contributed by atoms with Gasteiger partial charge in [-0.2, -0.15) is 4.58 Å². The molecule has 0 amide bonds. The predicted molar refractivity (Wildman–Crippen MR) is 146 cm³/mol. The monoisotopic (exact) mass is 471 g/mol. The van der Waals surface area contributed by atoms with Gasteiger partial charge < -0.3 is 0 Å². The summed E-state index contributed by atoms with van der Waals surface area (Å²) in [6.07, 6.45) is 20.0. The van der Waals surface area contributed by atoms with Gasteiger partial charge in [-0.15, -0.1) is 0 Å². The Balaban J connectivity index is 1.33. The molecule has 1 aromatic rings. The van der Waals surface area contributed by atoms with Crippen LogP contribution in [0.25, 0.3) is 0 Å². The zero-order chi connectivity index (χ0) is 24.1. The van der Waals surface area contributed by atoms with E-state index in [2.05, 4.69) is 106 Å². The van der Waals surface area contributed by atoms with Gasteiger partial charge in [-0.05, 0) is 62.2 Å². The molecule has 2 heterocycles. The number of para-hydroxylation sites is 1. The van der Waals surface area contributed by atoms with Gasteiger partial charge in [0.15, 0.2) is 5.71 Å². The zero-order valence-corrected chi connectivity index (χ0v) is 21.9. The normalized spacial score (nSPS) is 28.5. The Morgan fingerprint density at radius 1 is 1.09 bits per heavy atom. The van der Waals surface area contributed by atoms with Gasteiger partial charge >= 0.3 is 0 Å². The van der Waals surface area contributed by atoms with Crippen molar-refractivity contribution in [3.8, 4) is 0 Å². The van der Waals surface area contributed by atoms with Crippen LogP contribution in [-0.2, 0) is 5.41 Å². The van der Waals surface area contributed by atoms with Crippen molar-refractivity contribution < 1.29 is 4.58 Å². The molecule has 0 fully saturated rings. The molecule has 0 saturated heterocycles. The van der Waals surface area contributed by atoms with Crippen LogP contribution in [-0.4, -0.2) is 29.1 Å². The molecule has 4 aliphatic rings. The number of rotatable bonds is 4. The SMILES string of the molecule is C[N+]1=C(C=CC2=C(Cl)C(=CC=CC3N=C4C=CCCC4C3(C)C)CC2)C(C)(C)c2ccccc21. The number of nitrogens with zero attached hydrogens (tertiary/aromatic N) is 2. The van der Waals surface area contributed by atoms with Crippen LogP contribution in [0.1, 0.15) is 58.9 Å². The smallest absolute Gasteiger partial charge is 0.209 e. The highest BCUT2D eigenvalue weighted by atomic mass is 35.5. The second-order valence-electron chi connectivity index (χ2n) is 11.2. The van der Waals surface area contributed by atoms with E-state index in [-0.39, 0.29) is 16.9 Å². The molecule has 2 unspecified atom stereocenters. The van der Waals surface area contributed by atoms with E-state index in [9.17, 15) is 0 Å². The minimum Gasteiger partial charge on any atom is -0.281 e. The van der Waals surface area contributed by atoms with Gasteiger partial charge in [-0.3, -0.25) is 4.99 Å². The predicted octanol–water partition coefficient (Wildman–Crippen LogP) is 7.83. The first-order valence-electron chi connectivity index (χ1n) is 12.6. The maximum Gasteiger partial charge on any atom is 0.209 e. The van der Waals surface area contributed by atoms with Crippen molar-refractivity contribution in [2.45, 2.75) is 64.8 Å². The van der Waals surface area contributed by atoms with Gasteiger partial charge in [0, 0.05) is 34.4 Å². The van der Waals surface area contributed by atoms with Crippen LogP contribution in [0.5, 0.6) is 0 Å². The van der Waals surface area contributed by atoms with E-state index in [1.807, 2.05) is 0 Å². The Labute approximate surface area is 209 Å². The molecule has 0 aromatic heterocycles. The van der Waals surface area contributed by atoms with Crippen molar-refractivity contribution in [1.82, 2.24) is 0 Å². The molecule has 0 radical (unpaired) electrons. The molecule has 5 rings (SSSR count). The maximum atomic E-state index is 6.84. The summed E-state index contributed by atoms with van der Waals surface area (Å²) in [5, 5.41) is 0.908. The molecule has 3 heteroatoms. The molecule has 2 aliphatic heterocycles. The van der Waals surface area contributed by atoms with Gasteiger partial charge in [0.05, 0.1) is 11.5 Å². The molecule has 0 N–H and O–H groups in total. The molecule has 34 heavy (non-hydrogen) atoms. The number of fused-ring (bicyclic) bond motifs is 2. The lowest BCUT2D eigenvalue weighted by atomic mass is 9.70. The Morgan fingerprint density at radius 2 is 1.88 bits per heavy atom. The highest BCUT2D eigenvalue weighted by Gasteiger charge is 2.44. The van der Waals surface area contributed by atoms with Crippen molar-refractivity contribution in [3.63, 3.8) is 0 Å². The Hall–Kier alpha value is -2.45. The summed E-state index contributed by atoms with van der Waals surface area (Å²) in [7, 11) is 2.16. The summed E-state index contributed by atoms with van der Waals surface area (Å²) in [4.78, 5) is 5.02. The largest absolute Gasteiger partial charge is 0.281 e. The third-order valence-corrected chi connectivity index (χ3v) is 8.90. The summed E-state index contributed by atoms with van der Waals surface area (Å²) in [6.45, 7) is 9.32. The van der Waals surface area contributed by atoms with E-state index >= 15 is 0 Å². The van der Waals surface area contributed by atoms with E-state index in [1.165, 1.54) is 46.7 Å². The molecule has 0 saturated carbocycles. The topological polar surface area (TPSA) is 15.4 Å². The first kappa shape index (κ1) is 23.3. The second-order valence-corrected chi connectivity index (χ2v) is 11.6. The van der Waals surface area contributed by atoms with Gasteiger partial charge in [0.25, 0.3) is 0 Å². The van der Waals surface area contributed by atoms with Crippen molar-refractivity contribution in [2.24, 2.45) is 16.3 Å².